The molecule has 2 heterocycles. The highest BCUT2D eigenvalue weighted by Gasteiger charge is 2.17. The first-order chi connectivity index (χ1) is 9.24. The monoisotopic (exact) mass is 283 g/mol. The Hall–Kier alpha value is -1.47. The summed E-state index contributed by atoms with van der Waals surface area (Å²) < 4.78 is 5.31. The van der Waals surface area contributed by atoms with E-state index < -0.39 is 0 Å². The maximum atomic E-state index is 11.7. The van der Waals surface area contributed by atoms with Gasteiger partial charge in [-0.05, 0) is 18.8 Å². The molecule has 0 radical (unpaired) electrons. The van der Waals surface area contributed by atoms with E-state index in [0.717, 1.165) is 19.4 Å². The van der Waals surface area contributed by atoms with Crippen molar-refractivity contribution in [2.45, 2.75) is 19.3 Å². The van der Waals surface area contributed by atoms with Crippen molar-refractivity contribution in [2.24, 2.45) is 5.92 Å². The smallest absolute Gasteiger partial charge is 0.245 e. The molecule has 1 atom stereocenters. The van der Waals surface area contributed by atoms with Gasteiger partial charge in [-0.15, -0.1) is 11.3 Å². The zero-order valence-electron chi connectivity index (χ0n) is 10.6. The van der Waals surface area contributed by atoms with Crippen LogP contribution in [-0.2, 0) is 14.3 Å². The van der Waals surface area contributed by atoms with Crippen LogP contribution < -0.4 is 10.6 Å². The number of nitrogens with zero attached hydrogens (tertiary/aromatic N) is 1. The largest absolute Gasteiger partial charge is 0.381 e. The zero-order valence-corrected chi connectivity index (χ0v) is 11.4. The Kier molecular flexibility index (Phi) is 5.29. The lowest BCUT2D eigenvalue weighted by Gasteiger charge is -2.21. The van der Waals surface area contributed by atoms with Crippen molar-refractivity contribution in [3.05, 3.63) is 11.6 Å². The first kappa shape index (κ1) is 14.0. The van der Waals surface area contributed by atoms with Gasteiger partial charge in [0.05, 0.1) is 6.54 Å². The standard InChI is InChI=1S/C12H17N3O3S/c16-10(6-9-2-1-4-18-8-9)14-7-11(17)15-12-13-3-5-19-12/h3,5,9H,1-2,4,6-8H2,(H,14,16)(H,13,15,17)/t9-/m1/s1. The molecule has 0 saturated carbocycles. The van der Waals surface area contributed by atoms with Crippen LogP contribution in [-0.4, -0.2) is 36.6 Å². The van der Waals surface area contributed by atoms with Crippen LogP contribution in [0, 0.1) is 5.92 Å². The molecule has 6 nitrogen and oxygen atoms in total. The van der Waals surface area contributed by atoms with Crippen molar-refractivity contribution in [2.75, 3.05) is 25.1 Å². The zero-order chi connectivity index (χ0) is 13.5. The van der Waals surface area contributed by atoms with Crippen molar-refractivity contribution in [1.29, 1.82) is 0 Å². The maximum Gasteiger partial charge on any atom is 0.245 e. The number of hydrogen-bond acceptors (Lipinski definition) is 5. The van der Waals surface area contributed by atoms with E-state index in [2.05, 4.69) is 15.6 Å². The lowest BCUT2D eigenvalue weighted by Crippen LogP contribution is -2.34. The molecule has 1 aliphatic rings. The van der Waals surface area contributed by atoms with Crippen molar-refractivity contribution in [1.82, 2.24) is 10.3 Å². The maximum absolute atomic E-state index is 11.7. The minimum absolute atomic E-state index is 0.0218. The van der Waals surface area contributed by atoms with Crippen LogP contribution in [0.5, 0.6) is 0 Å². The Morgan fingerprint density at radius 3 is 3.05 bits per heavy atom. The topological polar surface area (TPSA) is 80.3 Å². The van der Waals surface area contributed by atoms with Crippen LogP contribution in [0.2, 0.25) is 0 Å². The summed E-state index contributed by atoms with van der Waals surface area (Å²) >= 11 is 1.34. The minimum Gasteiger partial charge on any atom is -0.381 e. The van der Waals surface area contributed by atoms with E-state index in [1.807, 2.05) is 0 Å². The second-order valence-corrected chi connectivity index (χ2v) is 5.34. The minimum atomic E-state index is -0.261. The van der Waals surface area contributed by atoms with E-state index in [1.54, 1.807) is 11.6 Å². The summed E-state index contributed by atoms with van der Waals surface area (Å²) in [5.41, 5.74) is 0. The van der Waals surface area contributed by atoms with Crippen LogP contribution in [0.4, 0.5) is 5.13 Å². The molecule has 1 aromatic rings. The lowest BCUT2D eigenvalue weighted by molar-refractivity contribution is -0.125. The summed E-state index contributed by atoms with van der Waals surface area (Å²) in [7, 11) is 0. The number of carbonyl (C=O) groups is 2. The van der Waals surface area contributed by atoms with E-state index in [0.29, 0.717) is 18.2 Å². The number of anilines is 1. The molecule has 104 valence electrons. The fourth-order valence-electron chi connectivity index (χ4n) is 1.93. The second-order valence-electron chi connectivity index (χ2n) is 4.45. The first-order valence-corrected chi connectivity index (χ1v) is 7.16. The number of amides is 2. The van der Waals surface area contributed by atoms with E-state index >= 15 is 0 Å². The van der Waals surface area contributed by atoms with Gasteiger partial charge in [-0.1, -0.05) is 0 Å². The quantitative estimate of drug-likeness (QED) is 0.845. The molecular weight excluding hydrogens is 266 g/mol. The number of thiazole rings is 1. The molecule has 0 spiro atoms. The molecule has 2 rings (SSSR count). The summed E-state index contributed by atoms with van der Waals surface area (Å²) in [5, 5.41) is 7.54. The summed E-state index contributed by atoms with van der Waals surface area (Å²) in [6.07, 6.45) is 4.05. The molecule has 19 heavy (non-hydrogen) atoms. The fraction of sp³-hybridized carbons (Fsp3) is 0.583. The molecule has 2 N–H and O–H groups in total. The molecule has 0 bridgehead atoms. The molecular formula is C12H17N3O3S. The summed E-state index contributed by atoms with van der Waals surface area (Å²) in [5.74, 6) is -0.0937. The number of hydrogen-bond donors (Lipinski definition) is 2. The number of nitrogens with one attached hydrogen (secondary N) is 2. The Morgan fingerprint density at radius 1 is 1.47 bits per heavy atom. The van der Waals surface area contributed by atoms with Crippen molar-refractivity contribution < 1.29 is 14.3 Å². The van der Waals surface area contributed by atoms with Crippen LogP contribution in [0.1, 0.15) is 19.3 Å². The average molecular weight is 283 g/mol. The normalized spacial score (nSPS) is 18.8. The molecule has 2 amide bonds. The third-order valence-electron chi connectivity index (χ3n) is 2.85. The predicted molar refractivity (Wildman–Crippen MR) is 71.9 cm³/mol. The van der Waals surface area contributed by atoms with Gasteiger partial charge in [-0.25, -0.2) is 4.98 Å². The Morgan fingerprint density at radius 2 is 2.37 bits per heavy atom. The van der Waals surface area contributed by atoms with Crippen molar-refractivity contribution in [3.63, 3.8) is 0 Å². The number of carbonyl (C=O) groups excluding carboxylic acids is 2. The Labute approximate surface area is 115 Å². The Bertz CT molecular complexity index is 416. The Balaban J connectivity index is 1.64. The summed E-state index contributed by atoms with van der Waals surface area (Å²) in [6, 6.07) is 0. The van der Waals surface area contributed by atoms with Gasteiger partial charge in [0.2, 0.25) is 11.8 Å². The molecule has 1 saturated heterocycles. The van der Waals surface area contributed by atoms with Crippen LogP contribution in [0.25, 0.3) is 0 Å². The van der Waals surface area contributed by atoms with E-state index in [-0.39, 0.29) is 24.3 Å². The average Bonchev–Trinajstić information content (AvgIpc) is 2.90. The van der Waals surface area contributed by atoms with Gasteiger partial charge in [-0.3, -0.25) is 9.59 Å². The van der Waals surface area contributed by atoms with Gasteiger partial charge in [0.1, 0.15) is 0 Å². The van der Waals surface area contributed by atoms with Crippen LogP contribution >= 0.6 is 11.3 Å². The first-order valence-electron chi connectivity index (χ1n) is 6.28. The molecule has 0 aromatic carbocycles. The highest BCUT2D eigenvalue weighted by atomic mass is 32.1. The van der Waals surface area contributed by atoms with E-state index in [1.165, 1.54) is 11.3 Å². The van der Waals surface area contributed by atoms with Crippen LogP contribution in [0.15, 0.2) is 11.6 Å². The molecule has 1 aliphatic heterocycles. The predicted octanol–water partition coefficient (Wildman–Crippen LogP) is 1.01. The second kappa shape index (κ2) is 7.20. The van der Waals surface area contributed by atoms with Crippen LogP contribution in [0.3, 0.4) is 0 Å². The van der Waals surface area contributed by atoms with Gasteiger partial charge in [0.15, 0.2) is 5.13 Å². The third kappa shape index (κ3) is 4.96. The number of ether oxygens (including phenoxy) is 1. The van der Waals surface area contributed by atoms with E-state index in [9.17, 15) is 9.59 Å². The van der Waals surface area contributed by atoms with Gasteiger partial charge >= 0.3 is 0 Å². The molecule has 0 aliphatic carbocycles. The van der Waals surface area contributed by atoms with Crippen molar-refractivity contribution in [3.8, 4) is 0 Å². The number of rotatable bonds is 5. The van der Waals surface area contributed by atoms with Crippen molar-refractivity contribution >= 4 is 28.3 Å². The van der Waals surface area contributed by atoms with Gasteiger partial charge < -0.3 is 15.4 Å². The molecule has 0 unspecified atom stereocenters. The van der Waals surface area contributed by atoms with Gasteiger partial charge in [-0.2, -0.15) is 0 Å². The van der Waals surface area contributed by atoms with Gasteiger partial charge in [0, 0.05) is 31.2 Å². The summed E-state index contributed by atoms with van der Waals surface area (Å²) in [4.78, 5) is 27.1. The highest BCUT2D eigenvalue weighted by molar-refractivity contribution is 7.13. The molecule has 7 heteroatoms. The molecule has 1 fully saturated rings. The molecule has 1 aromatic heterocycles. The lowest BCUT2D eigenvalue weighted by atomic mass is 9.98. The van der Waals surface area contributed by atoms with Gasteiger partial charge in [0.25, 0.3) is 0 Å². The summed E-state index contributed by atoms with van der Waals surface area (Å²) in [6.45, 7) is 1.40. The third-order valence-corrected chi connectivity index (χ3v) is 3.54. The highest BCUT2D eigenvalue weighted by Crippen LogP contribution is 2.16. The van der Waals surface area contributed by atoms with E-state index in [4.69, 9.17) is 4.74 Å². The SMILES string of the molecule is O=C(C[C@H]1CCCOC1)NCC(=O)Nc1nccs1. The fourth-order valence-corrected chi connectivity index (χ4v) is 2.48. The number of aromatic nitrogens is 1.